The van der Waals surface area contributed by atoms with E-state index in [-0.39, 0.29) is 17.4 Å². The van der Waals surface area contributed by atoms with Gasteiger partial charge in [-0.1, -0.05) is 31.1 Å². The lowest BCUT2D eigenvalue weighted by Gasteiger charge is -2.29. The minimum absolute atomic E-state index is 0.0681. The van der Waals surface area contributed by atoms with Crippen molar-refractivity contribution >= 4 is 0 Å². The zero-order valence-corrected chi connectivity index (χ0v) is 14.5. The average Bonchev–Trinajstić information content (AvgIpc) is 3.17. The molecule has 0 unspecified atom stereocenters. The molecule has 3 heterocycles. The van der Waals surface area contributed by atoms with Gasteiger partial charge in [-0.2, -0.15) is 4.98 Å². The first-order chi connectivity index (χ1) is 10.9. The minimum atomic E-state index is 0.0681. The molecule has 2 aromatic heterocycles. The van der Waals surface area contributed by atoms with E-state index in [9.17, 15) is 0 Å². The van der Waals surface area contributed by atoms with Crippen LogP contribution in [0, 0.1) is 19.3 Å². The normalized spacial score (nSPS) is 22.0. The molecule has 0 N–H and O–H groups in total. The molecule has 0 bridgehead atoms. The molecule has 0 amide bonds. The molecule has 1 aliphatic heterocycles. The van der Waals surface area contributed by atoms with Crippen molar-refractivity contribution in [1.82, 2.24) is 15.3 Å². The van der Waals surface area contributed by atoms with Crippen molar-refractivity contribution in [2.45, 2.75) is 65.9 Å². The Morgan fingerprint density at radius 1 is 1.09 bits per heavy atom. The Balaban J connectivity index is 1.69. The highest BCUT2D eigenvalue weighted by Crippen LogP contribution is 2.39. The Bertz CT molecular complexity index is 649. The molecule has 0 saturated carbocycles. The van der Waals surface area contributed by atoms with Gasteiger partial charge in [0, 0.05) is 18.6 Å². The second kappa shape index (κ2) is 6.07. The first kappa shape index (κ1) is 16.2. The summed E-state index contributed by atoms with van der Waals surface area (Å²) in [6.07, 6.45) is 2.58. The summed E-state index contributed by atoms with van der Waals surface area (Å²) in [6.45, 7) is 11.2. The van der Waals surface area contributed by atoms with Gasteiger partial charge in [0.25, 0.3) is 0 Å². The highest BCUT2D eigenvalue weighted by Gasteiger charge is 2.40. The van der Waals surface area contributed by atoms with Crippen molar-refractivity contribution < 1.29 is 13.8 Å². The van der Waals surface area contributed by atoms with Gasteiger partial charge in [0.15, 0.2) is 5.82 Å². The van der Waals surface area contributed by atoms with Crippen molar-refractivity contribution in [1.29, 1.82) is 0 Å². The van der Waals surface area contributed by atoms with E-state index in [1.54, 1.807) is 0 Å². The van der Waals surface area contributed by atoms with Crippen LogP contribution in [0.3, 0.4) is 0 Å². The minimum Gasteiger partial charge on any atom is -0.377 e. The lowest BCUT2D eigenvalue weighted by atomic mass is 9.81. The molecule has 0 radical (unpaired) electrons. The number of hydrogen-bond acceptors (Lipinski definition) is 6. The number of hydrogen-bond donors (Lipinski definition) is 0. The van der Waals surface area contributed by atoms with E-state index in [0.717, 1.165) is 42.3 Å². The van der Waals surface area contributed by atoms with E-state index in [4.69, 9.17) is 13.8 Å². The van der Waals surface area contributed by atoms with Gasteiger partial charge in [-0.15, -0.1) is 0 Å². The maximum absolute atomic E-state index is 5.90. The topological polar surface area (TPSA) is 74.2 Å². The summed E-state index contributed by atoms with van der Waals surface area (Å²) in [5.74, 6) is 2.52. The quantitative estimate of drug-likeness (QED) is 0.860. The average molecular weight is 319 g/mol. The van der Waals surface area contributed by atoms with Crippen molar-refractivity contribution in [3.8, 4) is 0 Å². The third-order valence-corrected chi connectivity index (χ3v) is 4.53. The van der Waals surface area contributed by atoms with Gasteiger partial charge in [-0.05, 0) is 32.1 Å². The summed E-state index contributed by atoms with van der Waals surface area (Å²) in [7, 11) is 0. The standard InChI is InChI=1S/C17H25N3O3/c1-10-12(11(2)22-19-10)6-7-14-18-16(20-23-14)13-8-9-21-15(13)17(3,4)5/h13,15H,6-9H2,1-5H3/t13-,15-/m0/s1. The molecule has 6 nitrogen and oxygen atoms in total. The summed E-state index contributed by atoms with van der Waals surface area (Å²) in [6, 6.07) is 0. The van der Waals surface area contributed by atoms with E-state index in [2.05, 4.69) is 36.1 Å². The van der Waals surface area contributed by atoms with Gasteiger partial charge in [0.2, 0.25) is 5.89 Å². The monoisotopic (exact) mass is 319 g/mol. The van der Waals surface area contributed by atoms with E-state index in [1.807, 2.05) is 13.8 Å². The number of ether oxygens (including phenoxy) is 1. The van der Waals surface area contributed by atoms with E-state index >= 15 is 0 Å². The Hall–Kier alpha value is -1.69. The zero-order valence-electron chi connectivity index (χ0n) is 14.5. The molecule has 3 rings (SSSR count). The van der Waals surface area contributed by atoms with Crippen LogP contribution in [0.15, 0.2) is 9.05 Å². The largest absolute Gasteiger partial charge is 0.377 e. The fourth-order valence-corrected chi connectivity index (χ4v) is 3.32. The van der Waals surface area contributed by atoms with E-state index in [1.165, 1.54) is 0 Å². The molecule has 23 heavy (non-hydrogen) atoms. The molecular weight excluding hydrogens is 294 g/mol. The fraction of sp³-hybridized carbons (Fsp3) is 0.706. The Labute approximate surface area is 136 Å². The fourth-order valence-electron chi connectivity index (χ4n) is 3.32. The molecule has 1 saturated heterocycles. The predicted molar refractivity (Wildman–Crippen MR) is 84.2 cm³/mol. The van der Waals surface area contributed by atoms with Gasteiger partial charge in [0.05, 0.1) is 17.7 Å². The van der Waals surface area contributed by atoms with Crippen LogP contribution in [-0.4, -0.2) is 28.0 Å². The van der Waals surface area contributed by atoms with Gasteiger partial charge in [-0.25, -0.2) is 0 Å². The molecule has 2 atom stereocenters. The molecule has 0 aromatic carbocycles. The Morgan fingerprint density at radius 2 is 1.87 bits per heavy atom. The molecule has 0 spiro atoms. The first-order valence-corrected chi connectivity index (χ1v) is 8.22. The van der Waals surface area contributed by atoms with E-state index in [0.29, 0.717) is 12.3 Å². The molecular formula is C17H25N3O3. The number of nitrogens with zero attached hydrogens (tertiary/aromatic N) is 3. The second-order valence-corrected chi connectivity index (χ2v) is 7.40. The smallest absolute Gasteiger partial charge is 0.226 e. The number of rotatable bonds is 4. The number of aromatic nitrogens is 3. The lowest BCUT2D eigenvalue weighted by Crippen LogP contribution is -2.30. The molecule has 0 aliphatic carbocycles. The van der Waals surface area contributed by atoms with Crippen LogP contribution in [0.25, 0.3) is 0 Å². The van der Waals surface area contributed by atoms with Crippen molar-refractivity contribution in [2.24, 2.45) is 5.41 Å². The van der Waals surface area contributed by atoms with Crippen LogP contribution in [0.5, 0.6) is 0 Å². The highest BCUT2D eigenvalue weighted by atomic mass is 16.5. The van der Waals surface area contributed by atoms with Crippen LogP contribution < -0.4 is 0 Å². The van der Waals surface area contributed by atoms with Gasteiger partial charge < -0.3 is 13.8 Å². The summed E-state index contributed by atoms with van der Waals surface area (Å²) in [5, 5.41) is 8.18. The summed E-state index contributed by atoms with van der Waals surface area (Å²) < 4.78 is 16.5. The zero-order chi connectivity index (χ0) is 16.6. The van der Waals surface area contributed by atoms with E-state index < -0.39 is 0 Å². The third-order valence-electron chi connectivity index (χ3n) is 4.53. The molecule has 2 aromatic rings. The van der Waals surface area contributed by atoms with Crippen molar-refractivity contribution in [3.05, 3.63) is 28.7 Å². The second-order valence-electron chi connectivity index (χ2n) is 7.40. The number of aryl methyl sites for hydroxylation is 3. The summed E-state index contributed by atoms with van der Waals surface area (Å²) >= 11 is 0. The summed E-state index contributed by atoms with van der Waals surface area (Å²) in [5.41, 5.74) is 2.12. The summed E-state index contributed by atoms with van der Waals surface area (Å²) in [4.78, 5) is 4.61. The lowest BCUT2D eigenvalue weighted by molar-refractivity contribution is 0.0193. The van der Waals surface area contributed by atoms with Crippen LogP contribution in [0.1, 0.15) is 61.8 Å². The van der Waals surface area contributed by atoms with Crippen LogP contribution in [-0.2, 0) is 17.6 Å². The Morgan fingerprint density at radius 3 is 2.52 bits per heavy atom. The van der Waals surface area contributed by atoms with Gasteiger partial charge in [-0.3, -0.25) is 0 Å². The highest BCUT2D eigenvalue weighted by molar-refractivity contribution is 5.21. The third kappa shape index (κ3) is 3.32. The first-order valence-electron chi connectivity index (χ1n) is 8.22. The molecule has 6 heteroatoms. The predicted octanol–water partition coefficient (Wildman–Crippen LogP) is 3.38. The maximum atomic E-state index is 5.90. The SMILES string of the molecule is Cc1noc(C)c1CCc1nc([C@H]2CCO[C@@H]2C(C)(C)C)no1. The molecule has 126 valence electrons. The van der Waals surface area contributed by atoms with Crippen LogP contribution in [0.4, 0.5) is 0 Å². The van der Waals surface area contributed by atoms with Crippen molar-refractivity contribution in [3.63, 3.8) is 0 Å². The molecule has 1 aliphatic rings. The van der Waals surface area contributed by atoms with Crippen LogP contribution in [0.2, 0.25) is 0 Å². The van der Waals surface area contributed by atoms with Gasteiger partial charge >= 0.3 is 0 Å². The molecule has 1 fully saturated rings. The van der Waals surface area contributed by atoms with Crippen LogP contribution >= 0.6 is 0 Å². The Kier molecular flexibility index (Phi) is 4.27. The van der Waals surface area contributed by atoms with Crippen molar-refractivity contribution in [2.75, 3.05) is 6.61 Å². The van der Waals surface area contributed by atoms with Gasteiger partial charge in [0.1, 0.15) is 5.76 Å². The maximum Gasteiger partial charge on any atom is 0.226 e.